The average molecular weight is 417 g/mol. The Balaban J connectivity index is 1.64. The van der Waals surface area contributed by atoms with E-state index in [4.69, 9.17) is 0 Å². The van der Waals surface area contributed by atoms with E-state index in [9.17, 15) is 9.59 Å². The fraction of sp³-hybridized carbons (Fsp3) is 0.727. The molecule has 0 aliphatic rings. The average Bonchev–Trinajstić information content (AvgIpc) is 3.35. The molecule has 0 spiro atoms. The van der Waals surface area contributed by atoms with Gasteiger partial charge >= 0.3 is 0 Å². The predicted octanol–water partition coefficient (Wildman–Crippen LogP) is 3.45. The minimum absolute atomic E-state index is 0.120. The van der Waals surface area contributed by atoms with Gasteiger partial charge in [0, 0.05) is 50.2 Å². The van der Waals surface area contributed by atoms with Gasteiger partial charge in [-0.2, -0.15) is 0 Å². The lowest BCUT2D eigenvalue weighted by Crippen LogP contribution is -2.07. The number of nitrogens with zero attached hydrogens (tertiary/aromatic N) is 6. The summed E-state index contributed by atoms with van der Waals surface area (Å²) < 4.78 is 3.70. The van der Waals surface area contributed by atoms with Crippen LogP contribution in [0.15, 0.2) is 12.4 Å². The molecule has 0 radical (unpaired) electrons. The molecule has 0 saturated heterocycles. The first-order valence-electron chi connectivity index (χ1n) is 11.2. The lowest BCUT2D eigenvalue weighted by atomic mass is 10.0. The molecule has 2 heterocycles. The number of hydrogen-bond donors (Lipinski definition) is 0. The smallest absolute Gasteiger partial charge is 0.135 e. The summed E-state index contributed by atoms with van der Waals surface area (Å²) >= 11 is 0. The molecular weight excluding hydrogens is 380 g/mol. The number of Topliss-reactive ketones (excluding diaryl/α,β-unsaturated/α-hetero) is 2. The van der Waals surface area contributed by atoms with E-state index in [2.05, 4.69) is 20.6 Å². The maximum absolute atomic E-state index is 11.6. The van der Waals surface area contributed by atoms with Crippen molar-refractivity contribution in [2.45, 2.75) is 92.2 Å². The van der Waals surface area contributed by atoms with Gasteiger partial charge in [0.15, 0.2) is 0 Å². The third-order valence-corrected chi connectivity index (χ3v) is 5.22. The Kier molecular flexibility index (Phi) is 9.83. The van der Waals surface area contributed by atoms with Crippen LogP contribution in [0.25, 0.3) is 0 Å². The lowest BCUT2D eigenvalue weighted by molar-refractivity contribution is -0.122. The minimum atomic E-state index is 0.120. The summed E-state index contributed by atoms with van der Waals surface area (Å²) in [6.45, 7) is 9.35. The summed E-state index contributed by atoms with van der Waals surface area (Å²) in [6, 6.07) is 0. The minimum Gasteiger partial charge on any atom is -0.299 e. The molecule has 0 aliphatic heterocycles. The Labute approximate surface area is 179 Å². The van der Waals surface area contributed by atoms with Crippen molar-refractivity contribution in [3.63, 3.8) is 0 Å². The number of rotatable bonds is 15. The first-order chi connectivity index (χ1) is 14.3. The van der Waals surface area contributed by atoms with Crippen LogP contribution in [0.3, 0.4) is 0 Å². The molecule has 8 heteroatoms. The summed E-state index contributed by atoms with van der Waals surface area (Å²) in [6.07, 6.45) is 10.4. The van der Waals surface area contributed by atoms with Crippen LogP contribution < -0.4 is 0 Å². The molecule has 8 nitrogen and oxygen atoms in total. The second-order valence-electron chi connectivity index (χ2n) is 8.60. The summed E-state index contributed by atoms with van der Waals surface area (Å²) in [7, 11) is 0. The van der Waals surface area contributed by atoms with E-state index in [0.29, 0.717) is 24.4 Å². The van der Waals surface area contributed by atoms with Crippen molar-refractivity contribution in [1.82, 2.24) is 30.0 Å². The van der Waals surface area contributed by atoms with E-state index < -0.39 is 0 Å². The van der Waals surface area contributed by atoms with Crippen molar-refractivity contribution >= 4 is 11.6 Å². The number of aromatic nitrogens is 6. The molecular formula is C22H36N6O2. The first-order valence-corrected chi connectivity index (χ1v) is 11.2. The van der Waals surface area contributed by atoms with E-state index in [1.54, 1.807) is 0 Å². The molecule has 0 fully saturated rings. The van der Waals surface area contributed by atoms with Crippen LogP contribution in [0.1, 0.15) is 77.6 Å². The molecule has 0 unspecified atom stereocenters. The Bertz CT molecular complexity index is 727. The second kappa shape index (κ2) is 12.3. The highest BCUT2D eigenvalue weighted by molar-refractivity contribution is 5.80. The second-order valence-corrected chi connectivity index (χ2v) is 8.60. The standard InChI is InChI=1S/C22H36N6O2/c1-17(2)21(29)9-5-7-13-27-15-19(23-25-27)11-12-20-16-28(26-24-20)14-8-6-10-22(30)18(3)4/h15-18H,5-14H2,1-4H3. The van der Waals surface area contributed by atoms with E-state index in [-0.39, 0.29) is 11.8 Å². The third-order valence-electron chi connectivity index (χ3n) is 5.22. The Morgan fingerprint density at radius 3 is 1.50 bits per heavy atom. The molecule has 2 rings (SSSR count). The van der Waals surface area contributed by atoms with Gasteiger partial charge in [0.05, 0.1) is 11.4 Å². The number of aryl methyl sites for hydroxylation is 4. The van der Waals surface area contributed by atoms with Gasteiger partial charge in [-0.1, -0.05) is 38.1 Å². The fourth-order valence-corrected chi connectivity index (χ4v) is 3.10. The van der Waals surface area contributed by atoms with Crippen LogP contribution in [0, 0.1) is 11.8 Å². The first kappa shape index (κ1) is 23.9. The monoisotopic (exact) mass is 416 g/mol. The van der Waals surface area contributed by atoms with E-state index in [0.717, 1.165) is 63.0 Å². The molecule has 0 saturated carbocycles. The summed E-state index contributed by atoms with van der Waals surface area (Å²) in [4.78, 5) is 23.3. The number of carbonyl (C=O) groups excluding carboxylic acids is 2. The van der Waals surface area contributed by atoms with Crippen LogP contribution in [0.4, 0.5) is 0 Å². The molecule has 166 valence electrons. The van der Waals surface area contributed by atoms with Crippen molar-refractivity contribution in [1.29, 1.82) is 0 Å². The highest BCUT2D eigenvalue weighted by Crippen LogP contribution is 2.08. The molecule has 0 bridgehead atoms. The van der Waals surface area contributed by atoms with Crippen LogP contribution in [-0.4, -0.2) is 41.6 Å². The number of hydrogen-bond acceptors (Lipinski definition) is 6. The Morgan fingerprint density at radius 2 is 1.13 bits per heavy atom. The molecule has 0 amide bonds. The quantitative estimate of drug-likeness (QED) is 0.413. The number of unbranched alkanes of at least 4 members (excludes halogenated alkanes) is 2. The third kappa shape index (κ3) is 8.55. The number of ketones is 2. The topological polar surface area (TPSA) is 95.6 Å². The SMILES string of the molecule is CC(C)C(=O)CCCCn1cc(CCc2cn(CCCCC(=O)C(C)C)nn2)nn1. The highest BCUT2D eigenvalue weighted by atomic mass is 16.1. The zero-order valence-electron chi connectivity index (χ0n) is 18.9. The molecule has 0 aliphatic carbocycles. The van der Waals surface area contributed by atoms with E-state index >= 15 is 0 Å². The van der Waals surface area contributed by atoms with Crippen LogP contribution in [0.2, 0.25) is 0 Å². The van der Waals surface area contributed by atoms with Crippen LogP contribution in [-0.2, 0) is 35.5 Å². The van der Waals surface area contributed by atoms with E-state index in [1.165, 1.54) is 0 Å². The fourth-order valence-electron chi connectivity index (χ4n) is 3.10. The molecule has 0 atom stereocenters. The van der Waals surface area contributed by atoms with Crippen molar-refractivity contribution in [2.75, 3.05) is 0 Å². The maximum Gasteiger partial charge on any atom is 0.135 e. The lowest BCUT2D eigenvalue weighted by Gasteiger charge is -2.03. The van der Waals surface area contributed by atoms with Gasteiger partial charge < -0.3 is 0 Å². The van der Waals surface area contributed by atoms with Gasteiger partial charge in [0.2, 0.25) is 0 Å². The molecule has 30 heavy (non-hydrogen) atoms. The zero-order valence-corrected chi connectivity index (χ0v) is 18.9. The summed E-state index contributed by atoms with van der Waals surface area (Å²) in [5.41, 5.74) is 1.88. The van der Waals surface area contributed by atoms with Crippen molar-refractivity contribution in [3.05, 3.63) is 23.8 Å². The van der Waals surface area contributed by atoms with Gasteiger partial charge in [0.25, 0.3) is 0 Å². The zero-order chi connectivity index (χ0) is 21.9. The highest BCUT2D eigenvalue weighted by Gasteiger charge is 2.09. The maximum atomic E-state index is 11.6. The van der Waals surface area contributed by atoms with Crippen LogP contribution in [0.5, 0.6) is 0 Å². The van der Waals surface area contributed by atoms with Crippen LogP contribution >= 0.6 is 0 Å². The Hall–Kier alpha value is -2.38. The van der Waals surface area contributed by atoms with Crippen molar-refractivity contribution in [2.24, 2.45) is 11.8 Å². The van der Waals surface area contributed by atoms with Gasteiger partial charge in [-0.3, -0.25) is 19.0 Å². The summed E-state index contributed by atoms with van der Waals surface area (Å²) in [5, 5.41) is 16.8. The van der Waals surface area contributed by atoms with Crippen molar-refractivity contribution in [3.8, 4) is 0 Å². The molecule has 0 aromatic carbocycles. The van der Waals surface area contributed by atoms with Gasteiger partial charge in [-0.25, -0.2) is 0 Å². The van der Waals surface area contributed by atoms with Gasteiger partial charge in [-0.15, -0.1) is 10.2 Å². The largest absolute Gasteiger partial charge is 0.299 e. The van der Waals surface area contributed by atoms with Gasteiger partial charge in [-0.05, 0) is 38.5 Å². The van der Waals surface area contributed by atoms with E-state index in [1.807, 2.05) is 49.5 Å². The predicted molar refractivity (Wildman–Crippen MR) is 115 cm³/mol. The summed E-state index contributed by atoms with van der Waals surface area (Å²) in [5.74, 6) is 0.891. The Morgan fingerprint density at radius 1 is 0.733 bits per heavy atom. The molecule has 2 aromatic rings. The van der Waals surface area contributed by atoms with Gasteiger partial charge in [0.1, 0.15) is 11.6 Å². The van der Waals surface area contributed by atoms with Crippen molar-refractivity contribution < 1.29 is 9.59 Å². The molecule has 2 aromatic heterocycles. The number of carbonyl (C=O) groups is 2. The normalized spacial score (nSPS) is 11.5. The molecule has 0 N–H and O–H groups in total.